The fraction of sp³-hybridized carbons (Fsp3) is 0.360. The molecule has 2 N–H and O–H groups in total. The summed E-state index contributed by atoms with van der Waals surface area (Å²) >= 11 is 0. The zero-order valence-electron chi connectivity index (χ0n) is 18.7. The van der Waals surface area contributed by atoms with Crippen molar-refractivity contribution in [1.29, 1.82) is 0 Å². The van der Waals surface area contributed by atoms with Crippen LogP contribution in [0.2, 0.25) is 0 Å². The lowest BCUT2D eigenvalue weighted by molar-refractivity contribution is -0.151. The average Bonchev–Trinajstić information content (AvgIpc) is 2.95. The Morgan fingerprint density at radius 2 is 1.84 bits per heavy atom. The molecule has 2 aromatic rings. The van der Waals surface area contributed by atoms with Gasteiger partial charge >= 0.3 is 5.97 Å². The standard InChI is InChI=1S/C25H28N2O5/c1-5-32-24-15(9-8-12-19(24)30-3)22-21-18(26-16-10-6-7-11-17(16)27-22)13-14(2)20(23(21)28)25(29)31-4/h6-12,14,20,22,26-27H,5,13H2,1-4H3/t14-,20-,22+/m1/s1. The van der Waals surface area contributed by atoms with E-state index in [1.165, 1.54) is 7.11 Å². The number of methoxy groups -OCH3 is 2. The number of anilines is 2. The van der Waals surface area contributed by atoms with Crippen LogP contribution in [-0.2, 0) is 14.3 Å². The first-order valence-electron chi connectivity index (χ1n) is 10.8. The molecule has 0 saturated heterocycles. The normalized spacial score (nSPS) is 22.0. The minimum Gasteiger partial charge on any atom is -0.493 e. The first kappa shape index (κ1) is 21.7. The van der Waals surface area contributed by atoms with Gasteiger partial charge in [0.15, 0.2) is 17.3 Å². The van der Waals surface area contributed by atoms with Crippen LogP contribution in [0.1, 0.15) is 31.9 Å². The second-order valence-electron chi connectivity index (χ2n) is 8.00. The van der Waals surface area contributed by atoms with Gasteiger partial charge in [-0.2, -0.15) is 0 Å². The second-order valence-corrected chi connectivity index (χ2v) is 8.00. The molecule has 0 saturated carbocycles. The van der Waals surface area contributed by atoms with E-state index in [9.17, 15) is 9.59 Å². The molecule has 0 aromatic heterocycles. The lowest BCUT2D eigenvalue weighted by Gasteiger charge is -2.33. The Labute approximate surface area is 187 Å². The SMILES string of the molecule is CCOc1c(OC)cccc1[C@@H]1Nc2ccccc2NC2=C1C(=O)[C@H](C(=O)OC)[C@H](C)C2. The number of allylic oxidation sites excluding steroid dienone is 1. The van der Waals surface area contributed by atoms with Crippen molar-refractivity contribution < 1.29 is 23.8 Å². The molecule has 1 aliphatic heterocycles. The number of rotatable bonds is 5. The lowest BCUT2D eigenvalue weighted by Crippen LogP contribution is -2.39. The maximum Gasteiger partial charge on any atom is 0.316 e. The Hall–Kier alpha value is -3.48. The van der Waals surface area contributed by atoms with E-state index in [0.717, 1.165) is 22.6 Å². The molecule has 0 radical (unpaired) electrons. The van der Waals surface area contributed by atoms with E-state index < -0.39 is 17.9 Å². The second kappa shape index (κ2) is 8.94. The summed E-state index contributed by atoms with van der Waals surface area (Å²) in [6.07, 6.45) is 0.543. The molecular formula is C25H28N2O5. The predicted molar refractivity (Wildman–Crippen MR) is 122 cm³/mol. The zero-order chi connectivity index (χ0) is 22.8. The highest BCUT2D eigenvalue weighted by molar-refractivity contribution is 6.11. The number of para-hydroxylation sites is 3. The van der Waals surface area contributed by atoms with Crippen LogP contribution in [0.5, 0.6) is 11.5 Å². The van der Waals surface area contributed by atoms with Crippen LogP contribution < -0.4 is 20.1 Å². The van der Waals surface area contributed by atoms with Crippen molar-refractivity contribution in [2.45, 2.75) is 26.3 Å². The summed E-state index contributed by atoms with van der Waals surface area (Å²) in [5.74, 6) is -0.642. The van der Waals surface area contributed by atoms with Gasteiger partial charge in [-0.1, -0.05) is 31.2 Å². The summed E-state index contributed by atoms with van der Waals surface area (Å²) in [6, 6.07) is 12.9. The third kappa shape index (κ3) is 3.68. The smallest absolute Gasteiger partial charge is 0.316 e. The van der Waals surface area contributed by atoms with Crippen molar-refractivity contribution in [1.82, 2.24) is 0 Å². The third-order valence-electron chi connectivity index (χ3n) is 6.05. The fourth-order valence-electron chi connectivity index (χ4n) is 4.59. The molecule has 0 amide bonds. The number of ether oxygens (including phenoxy) is 3. The number of esters is 1. The first-order chi connectivity index (χ1) is 15.5. The van der Waals surface area contributed by atoms with Crippen molar-refractivity contribution in [2.24, 2.45) is 11.8 Å². The molecule has 7 heteroatoms. The van der Waals surface area contributed by atoms with E-state index in [2.05, 4.69) is 10.6 Å². The van der Waals surface area contributed by atoms with Gasteiger partial charge in [-0.25, -0.2) is 0 Å². The van der Waals surface area contributed by atoms with Crippen LogP contribution in [0, 0.1) is 11.8 Å². The molecule has 32 heavy (non-hydrogen) atoms. The number of hydrogen-bond donors (Lipinski definition) is 2. The maximum atomic E-state index is 13.8. The van der Waals surface area contributed by atoms with Gasteiger partial charge in [-0.15, -0.1) is 0 Å². The van der Waals surface area contributed by atoms with Gasteiger partial charge in [0.2, 0.25) is 0 Å². The average molecular weight is 437 g/mol. The molecular weight excluding hydrogens is 408 g/mol. The number of benzene rings is 2. The monoisotopic (exact) mass is 436 g/mol. The summed E-state index contributed by atoms with van der Waals surface area (Å²) in [4.78, 5) is 26.3. The van der Waals surface area contributed by atoms with Crippen LogP contribution in [0.4, 0.5) is 11.4 Å². The quantitative estimate of drug-likeness (QED) is 0.533. The molecule has 2 aliphatic rings. The van der Waals surface area contributed by atoms with E-state index >= 15 is 0 Å². The van der Waals surface area contributed by atoms with Crippen LogP contribution in [0.25, 0.3) is 0 Å². The highest BCUT2D eigenvalue weighted by Crippen LogP contribution is 2.47. The van der Waals surface area contributed by atoms with Crippen molar-refractivity contribution in [3.8, 4) is 11.5 Å². The molecule has 7 nitrogen and oxygen atoms in total. The Kier molecular flexibility index (Phi) is 6.08. The summed E-state index contributed by atoms with van der Waals surface area (Å²) < 4.78 is 16.5. The maximum absolute atomic E-state index is 13.8. The Morgan fingerprint density at radius 1 is 1.09 bits per heavy atom. The largest absolute Gasteiger partial charge is 0.493 e. The van der Waals surface area contributed by atoms with Gasteiger partial charge in [0.05, 0.1) is 38.2 Å². The minimum atomic E-state index is -0.854. The number of Topliss-reactive ketones (excluding diaryl/α,β-unsaturated/α-hetero) is 1. The molecule has 1 aliphatic carbocycles. The fourth-order valence-corrected chi connectivity index (χ4v) is 4.59. The number of carbonyl (C=O) groups is 2. The number of fused-ring (bicyclic) bond motifs is 1. The number of nitrogens with one attached hydrogen (secondary N) is 2. The minimum absolute atomic E-state index is 0.191. The Morgan fingerprint density at radius 3 is 2.53 bits per heavy atom. The van der Waals surface area contributed by atoms with Crippen LogP contribution in [0.3, 0.4) is 0 Å². The van der Waals surface area contributed by atoms with Crippen molar-refractivity contribution >= 4 is 23.1 Å². The van der Waals surface area contributed by atoms with Crippen molar-refractivity contribution in [2.75, 3.05) is 31.5 Å². The molecule has 0 bridgehead atoms. The van der Waals surface area contributed by atoms with E-state index in [-0.39, 0.29) is 11.7 Å². The van der Waals surface area contributed by atoms with Gasteiger partial charge in [0.1, 0.15) is 5.92 Å². The first-order valence-corrected chi connectivity index (χ1v) is 10.8. The number of hydrogen-bond acceptors (Lipinski definition) is 7. The summed E-state index contributed by atoms with van der Waals surface area (Å²) in [6.45, 7) is 4.25. The Balaban J connectivity index is 1.93. The molecule has 4 rings (SSSR count). The predicted octanol–water partition coefficient (Wildman–Crippen LogP) is 4.32. The van der Waals surface area contributed by atoms with Gasteiger partial charge in [-0.3, -0.25) is 9.59 Å². The van der Waals surface area contributed by atoms with Crippen LogP contribution >= 0.6 is 0 Å². The topological polar surface area (TPSA) is 85.9 Å². The van der Waals surface area contributed by atoms with Gasteiger partial charge < -0.3 is 24.8 Å². The van der Waals surface area contributed by atoms with E-state index in [4.69, 9.17) is 14.2 Å². The highest BCUT2D eigenvalue weighted by Gasteiger charge is 2.45. The molecule has 2 aromatic carbocycles. The molecule has 3 atom stereocenters. The van der Waals surface area contributed by atoms with Crippen molar-refractivity contribution in [3.05, 3.63) is 59.3 Å². The summed E-state index contributed by atoms with van der Waals surface area (Å²) in [5.41, 5.74) is 3.81. The van der Waals surface area contributed by atoms with Gasteiger partial charge in [-0.05, 0) is 37.5 Å². The van der Waals surface area contributed by atoms with Gasteiger partial charge in [0.25, 0.3) is 0 Å². The molecule has 168 valence electrons. The summed E-state index contributed by atoms with van der Waals surface area (Å²) in [7, 11) is 2.91. The van der Waals surface area contributed by atoms with Gasteiger partial charge in [0, 0.05) is 16.8 Å². The molecule has 0 fully saturated rings. The lowest BCUT2D eigenvalue weighted by atomic mass is 9.74. The molecule has 1 heterocycles. The zero-order valence-corrected chi connectivity index (χ0v) is 18.7. The highest BCUT2D eigenvalue weighted by atomic mass is 16.5. The van der Waals surface area contributed by atoms with E-state index in [1.807, 2.05) is 56.3 Å². The van der Waals surface area contributed by atoms with Crippen LogP contribution in [-0.4, -0.2) is 32.6 Å². The van der Waals surface area contributed by atoms with Crippen LogP contribution in [0.15, 0.2) is 53.7 Å². The Bertz CT molecular complexity index is 1080. The summed E-state index contributed by atoms with van der Waals surface area (Å²) in [5, 5.41) is 6.97. The van der Waals surface area contributed by atoms with E-state index in [0.29, 0.717) is 30.1 Å². The van der Waals surface area contributed by atoms with Crippen molar-refractivity contribution in [3.63, 3.8) is 0 Å². The number of ketones is 1. The third-order valence-corrected chi connectivity index (χ3v) is 6.05. The molecule has 0 spiro atoms. The number of carbonyl (C=O) groups excluding carboxylic acids is 2. The van der Waals surface area contributed by atoms with E-state index in [1.54, 1.807) is 7.11 Å². The molecule has 0 unspecified atom stereocenters.